The van der Waals surface area contributed by atoms with Crippen LogP contribution in [0.3, 0.4) is 0 Å². The van der Waals surface area contributed by atoms with Gasteiger partial charge in [-0.1, -0.05) is 6.42 Å². The lowest BCUT2D eigenvalue weighted by molar-refractivity contribution is 0.0919. The molecule has 2 rings (SSSR count). The first kappa shape index (κ1) is 14.3. The second kappa shape index (κ2) is 6.35. The Hall–Kier alpha value is -0.130. The number of rotatable bonds is 4. The van der Waals surface area contributed by atoms with Crippen molar-refractivity contribution in [1.29, 1.82) is 0 Å². The molecule has 0 amide bonds. The third kappa shape index (κ3) is 3.68. The minimum atomic E-state index is -2.78. The van der Waals surface area contributed by atoms with Gasteiger partial charge in [-0.15, -0.1) is 0 Å². The van der Waals surface area contributed by atoms with Crippen LogP contribution in [0.4, 0.5) is 0 Å². The smallest absolute Gasteiger partial charge is 0.151 e. The van der Waals surface area contributed by atoms with E-state index < -0.39 is 9.84 Å². The summed E-state index contributed by atoms with van der Waals surface area (Å²) in [4.78, 5) is 2.50. The van der Waals surface area contributed by atoms with Crippen LogP contribution in [0.25, 0.3) is 0 Å². The van der Waals surface area contributed by atoms with Crippen molar-refractivity contribution in [3.8, 4) is 0 Å². The largest absolute Gasteiger partial charge is 0.320 e. The van der Waals surface area contributed by atoms with Crippen molar-refractivity contribution in [1.82, 2.24) is 10.2 Å². The predicted molar refractivity (Wildman–Crippen MR) is 74.6 cm³/mol. The van der Waals surface area contributed by atoms with Gasteiger partial charge in [0.2, 0.25) is 0 Å². The summed E-state index contributed by atoms with van der Waals surface area (Å²) in [5.41, 5.74) is 0. The Morgan fingerprint density at radius 1 is 1.22 bits per heavy atom. The quantitative estimate of drug-likeness (QED) is 0.832. The first-order valence-corrected chi connectivity index (χ1v) is 9.05. The zero-order valence-electron chi connectivity index (χ0n) is 11.4. The molecule has 0 aliphatic carbocycles. The minimum absolute atomic E-state index is 0.283. The SMILES string of the molecule is CNCCC1CCCCN1C1CCCS(=O)(=O)C1. The van der Waals surface area contributed by atoms with Crippen LogP contribution in [0.5, 0.6) is 0 Å². The molecule has 2 saturated heterocycles. The molecule has 0 bridgehead atoms. The molecule has 2 atom stereocenters. The molecule has 4 nitrogen and oxygen atoms in total. The molecule has 2 fully saturated rings. The van der Waals surface area contributed by atoms with Gasteiger partial charge >= 0.3 is 0 Å². The number of hydrogen-bond donors (Lipinski definition) is 1. The van der Waals surface area contributed by atoms with Gasteiger partial charge in [-0.25, -0.2) is 8.42 Å². The Kier molecular flexibility index (Phi) is 5.04. The van der Waals surface area contributed by atoms with Crippen molar-refractivity contribution in [2.24, 2.45) is 0 Å². The van der Waals surface area contributed by atoms with Crippen molar-refractivity contribution in [3.05, 3.63) is 0 Å². The average molecular weight is 274 g/mol. The minimum Gasteiger partial charge on any atom is -0.320 e. The van der Waals surface area contributed by atoms with Crippen LogP contribution in [0, 0.1) is 0 Å². The van der Waals surface area contributed by atoms with Crippen LogP contribution >= 0.6 is 0 Å². The summed E-state index contributed by atoms with van der Waals surface area (Å²) in [5, 5.41) is 3.21. The fourth-order valence-corrected chi connectivity index (χ4v) is 5.10. The highest BCUT2D eigenvalue weighted by atomic mass is 32.2. The standard InChI is InChI=1S/C13H26N2O2S/c1-14-8-7-12-5-2-3-9-15(12)13-6-4-10-18(16,17)11-13/h12-14H,2-11H2,1H3. The van der Waals surface area contributed by atoms with Crippen LogP contribution in [-0.2, 0) is 9.84 Å². The summed E-state index contributed by atoms with van der Waals surface area (Å²) in [6.45, 7) is 2.12. The number of hydrogen-bond acceptors (Lipinski definition) is 4. The lowest BCUT2D eigenvalue weighted by Gasteiger charge is -2.42. The number of likely N-dealkylation sites (tertiary alicyclic amines) is 1. The molecular formula is C13H26N2O2S. The zero-order chi connectivity index (χ0) is 13.0. The molecule has 0 aromatic carbocycles. The maximum Gasteiger partial charge on any atom is 0.151 e. The Morgan fingerprint density at radius 2 is 2.06 bits per heavy atom. The van der Waals surface area contributed by atoms with E-state index in [0.717, 1.165) is 32.4 Å². The summed E-state index contributed by atoms with van der Waals surface area (Å²) >= 11 is 0. The molecule has 2 aliphatic heterocycles. The first-order chi connectivity index (χ1) is 8.62. The molecule has 5 heteroatoms. The van der Waals surface area contributed by atoms with Crippen molar-refractivity contribution >= 4 is 9.84 Å². The van der Waals surface area contributed by atoms with Gasteiger partial charge in [0.05, 0.1) is 11.5 Å². The van der Waals surface area contributed by atoms with Gasteiger partial charge in [-0.2, -0.15) is 0 Å². The monoisotopic (exact) mass is 274 g/mol. The number of nitrogens with one attached hydrogen (secondary N) is 1. The zero-order valence-corrected chi connectivity index (χ0v) is 12.2. The van der Waals surface area contributed by atoms with Crippen molar-refractivity contribution in [3.63, 3.8) is 0 Å². The van der Waals surface area contributed by atoms with Gasteiger partial charge in [-0.05, 0) is 52.2 Å². The topological polar surface area (TPSA) is 49.4 Å². The number of sulfone groups is 1. The van der Waals surface area contributed by atoms with Gasteiger partial charge < -0.3 is 5.32 Å². The Morgan fingerprint density at radius 3 is 2.78 bits per heavy atom. The van der Waals surface area contributed by atoms with Crippen LogP contribution in [-0.4, -0.2) is 57.0 Å². The van der Waals surface area contributed by atoms with Crippen molar-refractivity contribution in [2.75, 3.05) is 31.6 Å². The third-order valence-corrected chi connectivity index (χ3v) is 6.11. The molecule has 2 heterocycles. The average Bonchev–Trinajstić information content (AvgIpc) is 2.35. The molecular weight excluding hydrogens is 248 g/mol. The van der Waals surface area contributed by atoms with Gasteiger partial charge in [0.15, 0.2) is 9.84 Å². The lowest BCUT2D eigenvalue weighted by atomic mass is 9.96. The predicted octanol–water partition coefficient (Wildman–Crippen LogP) is 1.03. The molecule has 0 radical (unpaired) electrons. The van der Waals surface area contributed by atoms with Crippen LogP contribution < -0.4 is 5.32 Å². The van der Waals surface area contributed by atoms with E-state index in [4.69, 9.17) is 0 Å². The van der Waals surface area contributed by atoms with E-state index in [9.17, 15) is 8.42 Å². The fourth-order valence-electron chi connectivity index (χ4n) is 3.38. The van der Waals surface area contributed by atoms with E-state index in [1.807, 2.05) is 7.05 Å². The Bertz CT molecular complexity index is 356. The fraction of sp³-hybridized carbons (Fsp3) is 1.00. The Labute approximate surface area is 111 Å². The molecule has 0 spiro atoms. The van der Waals surface area contributed by atoms with Gasteiger partial charge in [0, 0.05) is 12.1 Å². The van der Waals surface area contributed by atoms with Gasteiger partial charge in [0.25, 0.3) is 0 Å². The summed E-state index contributed by atoms with van der Waals surface area (Å²) in [7, 11) is -0.798. The maximum atomic E-state index is 11.8. The van der Waals surface area contributed by atoms with E-state index >= 15 is 0 Å². The third-order valence-electron chi connectivity index (χ3n) is 4.31. The molecule has 0 saturated carbocycles. The maximum absolute atomic E-state index is 11.8. The van der Waals surface area contributed by atoms with Crippen LogP contribution in [0.15, 0.2) is 0 Å². The second-order valence-corrected chi connectivity index (χ2v) is 7.92. The van der Waals surface area contributed by atoms with E-state index in [1.165, 1.54) is 19.3 Å². The summed E-state index contributed by atoms with van der Waals surface area (Å²) in [5.74, 6) is 0.793. The molecule has 106 valence electrons. The lowest BCUT2D eigenvalue weighted by Crippen LogP contribution is -2.51. The van der Waals surface area contributed by atoms with E-state index in [-0.39, 0.29) is 6.04 Å². The van der Waals surface area contributed by atoms with E-state index in [2.05, 4.69) is 10.2 Å². The molecule has 1 N–H and O–H groups in total. The van der Waals surface area contributed by atoms with Crippen LogP contribution in [0.1, 0.15) is 38.5 Å². The molecule has 18 heavy (non-hydrogen) atoms. The highest BCUT2D eigenvalue weighted by molar-refractivity contribution is 7.91. The second-order valence-electron chi connectivity index (χ2n) is 5.69. The highest BCUT2D eigenvalue weighted by Gasteiger charge is 2.33. The van der Waals surface area contributed by atoms with Crippen LogP contribution in [0.2, 0.25) is 0 Å². The summed E-state index contributed by atoms with van der Waals surface area (Å²) in [6, 6.07) is 0.871. The number of nitrogens with zero attached hydrogens (tertiary/aromatic N) is 1. The first-order valence-electron chi connectivity index (χ1n) is 7.23. The van der Waals surface area contributed by atoms with E-state index in [0.29, 0.717) is 17.5 Å². The molecule has 2 aliphatic rings. The van der Waals surface area contributed by atoms with Gasteiger partial charge in [-0.3, -0.25) is 4.90 Å². The normalized spacial score (nSPS) is 33.4. The summed E-state index contributed by atoms with van der Waals surface area (Å²) < 4.78 is 23.6. The molecule has 2 unspecified atom stereocenters. The van der Waals surface area contributed by atoms with Crippen molar-refractivity contribution in [2.45, 2.75) is 50.6 Å². The van der Waals surface area contributed by atoms with Gasteiger partial charge in [0.1, 0.15) is 0 Å². The molecule has 0 aromatic rings. The Balaban J connectivity index is 1.99. The number of piperidine rings is 1. The van der Waals surface area contributed by atoms with Crippen molar-refractivity contribution < 1.29 is 8.42 Å². The highest BCUT2D eigenvalue weighted by Crippen LogP contribution is 2.26. The summed E-state index contributed by atoms with van der Waals surface area (Å²) in [6.07, 6.45) is 6.82. The molecule has 0 aromatic heterocycles. The van der Waals surface area contributed by atoms with E-state index in [1.54, 1.807) is 0 Å².